The van der Waals surface area contributed by atoms with Crippen LogP contribution < -0.4 is 9.80 Å². The summed E-state index contributed by atoms with van der Waals surface area (Å²) in [4.78, 5) is 16.5. The number of allylic oxidation sites excluding steroid dienone is 2. The summed E-state index contributed by atoms with van der Waals surface area (Å²) in [6.45, 7) is 0. The second-order valence-electron chi connectivity index (χ2n) is 5.86. The maximum Gasteiger partial charge on any atom is 0.270 e. The molecule has 0 aromatic heterocycles. The number of nitrogens with zero attached hydrogens (tertiary/aromatic N) is 2. The van der Waals surface area contributed by atoms with Crippen LogP contribution in [0.5, 0.6) is 0 Å². The lowest BCUT2D eigenvalue weighted by molar-refractivity contribution is -0.113. The second kappa shape index (κ2) is 7.85. The summed E-state index contributed by atoms with van der Waals surface area (Å²) in [6, 6.07) is 13.9. The number of amides is 1. The van der Waals surface area contributed by atoms with Gasteiger partial charge in [-0.15, -0.1) is 0 Å². The van der Waals surface area contributed by atoms with E-state index in [1.807, 2.05) is 55.4 Å². The molecule has 1 saturated heterocycles. The molecule has 0 N–H and O–H groups in total. The third-order valence-electron chi connectivity index (χ3n) is 3.81. The number of hydrogen-bond acceptors (Lipinski definition) is 4. The zero-order valence-corrected chi connectivity index (χ0v) is 16.0. The van der Waals surface area contributed by atoms with Crippen LogP contribution in [0.4, 0.5) is 15.8 Å². The fraction of sp³-hybridized carbons (Fsp3) is 0.100. The summed E-state index contributed by atoms with van der Waals surface area (Å²) >= 11 is 6.49. The Labute approximate surface area is 161 Å². The summed E-state index contributed by atoms with van der Waals surface area (Å²) in [5, 5.41) is 0. The highest BCUT2D eigenvalue weighted by Crippen LogP contribution is 2.35. The Hall–Kier alpha value is -2.44. The third kappa shape index (κ3) is 4.03. The van der Waals surface area contributed by atoms with E-state index >= 15 is 0 Å². The van der Waals surface area contributed by atoms with Gasteiger partial charge < -0.3 is 4.90 Å². The summed E-state index contributed by atoms with van der Waals surface area (Å²) in [5.74, 6) is -0.639. The lowest BCUT2D eigenvalue weighted by Crippen LogP contribution is -2.27. The Balaban J connectivity index is 1.75. The van der Waals surface area contributed by atoms with Crippen molar-refractivity contribution in [1.82, 2.24) is 0 Å². The number of thioether (sulfide) groups is 1. The summed E-state index contributed by atoms with van der Waals surface area (Å²) in [5.41, 5.74) is 2.60. The van der Waals surface area contributed by atoms with Gasteiger partial charge in [-0.2, -0.15) is 0 Å². The molecule has 1 aliphatic rings. The Morgan fingerprint density at radius 3 is 2.54 bits per heavy atom. The van der Waals surface area contributed by atoms with Crippen LogP contribution in [-0.4, -0.2) is 24.3 Å². The van der Waals surface area contributed by atoms with Crippen LogP contribution in [-0.2, 0) is 4.79 Å². The van der Waals surface area contributed by atoms with E-state index < -0.39 is 5.82 Å². The number of carbonyl (C=O) groups is 1. The lowest BCUT2D eigenvalue weighted by Gasteiger charge is -2.14. The molecule has 0 aliphatic carbocycles. The number of benzene rings is 2. The van der Waals surface area contributed by atoms with Crippen LogP contribution in [0.2, 0.25) is 0 Å². The van der Waals surface area contributed by atoms with Crippen LogP contribution in [0.3, 0.4) is 0 Å². The molecule has 0 unspecified atom stereocenters. The number of halogens is 1. The largest absolute Gasteiger partial charge is 0.378 e. The van der Waals surface area contributed by atoms with E-state index in [2.05, 4.69) is 0 Å². The van der Waals surface area contributed by atoms with Crippen molar-refractivity contribution in [3.8, 4) is 0 Å². The van der Waals surface area contributed by atoms with Crippen LogP contribution in [0.25, 0.3) is 6.08 Å². The van der Waals surface area contributed by atoms with E-state index in [0.29, 0.717) is 14.9 Å². The molecule has 2 aromatic carbocycles. The first kappa shape index (κ1) is 18.4. The van der Waals surface area contributed by atoms with E-state index in [4.69, 9.17) is 12.2 Å². The highest BCUT2D eigenvalue weighted by atomic mass is 32.2. The molecule has 3 nitrogen and oxygen atoms in total. The van der Waals surface area contributed by atoms with E-state index in [1.165, 1.54) is 28.8 Å². The van der Waals surface area contributed by atoms with E-state index in [9.17, 15) is 9.18 Å². The third-order valence-corrected chi connectivity index (χ3v) is 5.13. The highest BCUT2D eigenvalue weighted by Gasteiger charge is 2.32. The first-order valence-electron chi connectivity index (χ1n) is 7.93. The number of hydrogen-bond donors (Lipinski definition) is 0. The average molecular weight is 385 g/mol. The van der Waals surface area contributed by atoms with Crippen molar-refractivity contribution in [2.75, 3.05) is 23.9 Å². The molecule has 2 aromatic rings. The molecule has 0 spiro atoms. The quantitative estimate of drug-likeness (QED) is 0.555. The van der Waals surface area contributed by atoms with Gasteiger partial charge in [-0.25, -0.2) is 4.39 Å². The number of anilines is 2. The van der Waals surface area contributed by atoms with Crippen molar-refractivity contribution >= 4 is 51.7 Å². The van der Waals surface area contributed by atoms with Gasteiger partial charge in [-0.1, -0.05) is 54.3 Å². The minimum Gasteiger partial charge on any atom is -0.378 e. The number of carbonyl (C=O) groups excluding carboxylic acids is 1. The van der Waals surface area contributed by atoms with Crippen LogP contribution >= 0.6 is 24.0 Å². The van der Waals surface area contributed by atoms with Gasteiger partial charge in [0.15, 0.2) is 4.32 Å². The van der Waals surface area contributed by atoms with E-state index in [-0.39, 0.29) is 5.91 Å². The standard InChI is InChI=1S/C20H17FN2OS2/c1-22(2)16-11-9-14(10-12-16)5-3-8-18-19(24)23(20(25)26-18)17-7-4-6-15(21)13-17/h3-13H,1-2H3/b5-3+,18-8+. The molecule has 0 atom stereocenters. The van der Waals surface area contributed by atoms with Gasteiger partial charge in [0, 0.05) is 19.8 Å². The monoisotopic (exact) mass is 384 g/mol. The van der Waals surface area contributed by atoms with Crippen molar-refractivity contribution in [3.05, 3.63) is 77.0 Å². The molecule has 0 saturated carbocycles. The van der Waals surface area contributed by atoms with Crippen molar-refractivity contribution in [3.63, 3.8) is 0 Å². The fourth-order valence-corrected chi connectivity index (χ4v) is 3.70. The Bertz CT molecular complexity index is 904. The molecular formula is C20H17FN2OS2. The van der Waals surface area contributed by atoms with Crippen molar-refractivity contribution < 1.29 is 9.18 Å². The molecule has 26 heavy (non-hydrogen) atoms. The molecule has 1 aliphatic heterocycles. The minimum absolute atomic E-state index is 0.238. The van der Waals surface area contributed by atoms with E-state index in [0.717, 1.165) is 11.3 Å². The van der Waals surface area contributed by atoms with Gasteiger partial charge in [0.05, 0.1) is 10.6 Å². The van der Waals surface area contributed by atoms with Crippen molar-refractivity contribution in [1.29, 1.82) is 0 Å². The van der Waals surface area contributed by atoms with Gasteiger partial charge in [0.2, 0.25) is 0 Å². The predicted octanol–water partition coefficient (Wildman–Crippen LogP) is 4.85. The number of rotatable bonds is 4. The highest BCUT2D eigenvalue weighted by molar-refractivity contribution is 8.27. The Morgan fingerprint density at radius 2 is 1.88 bits per heavy atom. The molecule has 3 rings (SSSR count). The molecule has 0 bridgehead atoms. The van der Waals surface area contributed by atoms with Crippen LogP contribution in [0, 0.1) is 5.82 Å². The summed E-state index contributed by atoms with van der Waals surface area (Å²) in [6.07, 6.45) is 5.48. The Morgan fingerprint density at radius 1 is 1.15 bits per heavy atom. The lowest BCUT2D eigenvalue weighted by atomic mass is 10.2. The first-order chi connectivity index (χ1) is 12.5. The molecule has 132 valence electrons. The van der Waals surface area contributed by atoms with Crippen LogP contribution in [0.1, 0.15) is 5.56 Å². The Kier molecular flexibility index (Phi) is 5.54. The average Bonchev–Trinajstić information content (AvgIpc) is 2.89. The first-order valence-corrected chi connectivity index (χ1v) is 9.16. The molecular weight excluding hydrogens is 367 g/mol. The van der Waals surface area contributed by atoms with Gasteiger partial charge in [-0.3, -0.25) is 9.69 Å². The van der Waals surface area contributed by atoms with Gasteiger partial charge in [-0.05, 0) is 42.0 Å². The normalized spacial score (nSPS) is 16.1. The zero-order valence-electron chi connectivity index (χ0n) is 14.3. The zero-order chi connectivity index (χ0) is 18.7. The molecule has 1 amide bonds. The topological polar surface area (TPSA) is 23.6 Å². The smallest absolute Gasteiger partial charge is 0.270 e. The van der Waals surface area contributed by atoms with Crippen LogP contribution in [0.15, 0.2) is 65.6 Å². The summed E-state index contributed by atoms with van der Waals surface area (Å²) in [7, 11) is 3.98. The predicted molar refractivity (Wildman–Crippen MR) is 112 cm³/mol. The van der Waals surface area contributed by atoms with Gasteiger partial charge in [0.1, 0.15) is 5.82 Å². The van der Waals surface area contributed by atoms with Crippen molar-refractivity contribution in [2.45, 2.75) is 0 Å². The molecule has 0 radical (unpaired) electrons. The fourth-order valence-electron chi connectivity index (χ4n) is 2.45. The molecule has 1 fully saturated rings. The summed E-state index contributed by atoms with van der Waals surface area (Å²) < 4.78 is 13.8. The molecule has 1 heterocycles. The van der Waals surface area contributed by atoms with E-state index in [1.54, 1.807) is 18.2 Å². The SMILES string of the molecule is CN(C)c1ccc(/C=C/C=C2/SC(=S)N(c3cccc(F)c3)C2=O)cc1. The van der Waals surface area contributed by atoms with Gasteiger partial charge >= 0.3 is 0 Å². The maximum absolute atomic E-state index is 13.4. The number of thiocarbonyl (C=S) groups is 1. The minimum atomic E-state index is -0.401. The maximum atomic E-state index is 13.4. The van der Waals surface area contributed by atoms with Crippen molar-refractivity contribution in [2.24, 2.45) is 0 Å². The van der Waals surface area contributed by atoms with Gasteiger partial charge in [0.25, 0.3) is 5.91 Å². The second-order valence-corrected chi connectivity index (χ2v) is 7.54. The molecule has 6 heteroatoms.